The van der Waals surface area contributed by atoms with Gasteiger partial charge < -0.3 is 29.5 Å². The number of nitrogens with zero attached hydrogens (tertiary/aromatic N) is 1. The molecule has 0 saturated carbocycles. The average molecular weight is 458 g/mol. The fourth-order valence-corrected chi connectivity index (χ4v) is 4.05. The summed E-state index contributed by atoms with van der Waals surface area (Å²) in [5.41, 5.74) is -3.31. The van der Waals surface area contributed by atoms with Gasteiger partial charge in [0, 0.05) is 13.1 Å². The Morgan fingerprint density at radius 1 is 1.19 bits per heavy atom. The second kappa shape index (κ2) is 10.3. The summed E-state index contributed by atoms with van der Waals surface area (Å²) in [5, 5.41) is 30.9. The second-order valence-corrected chi connectivity index (χ2v) is 8.81. The minimum Gasteiger partial charge on any atom is -0.469 e. The Kier molecular flexibility index (Phi) is 8.44. The van der Waals surface area contributed by atoms with Crippen LogP contribution in [0.3, 0.4) is 0 Å². The van der Waals surface area contributed by atoms with Crippen LogP contribution in [0.25, 0.3) is 0 Å². The van der Waals surface area contributed by atoms with Gasteiger partial charge in [0.25, 0.3) is 0 Å². The predicted molar refractivity (Wildman–Crippen MR) is 112 cm³/mol. The zero-order chi connectivity index (χ0) is 24.3. The smallest absolute Gasteiger partial charge is 0.341 e. The number of esters is 3. The molecule has 3 N–H and O–H groups in total. The van der Waals surface area contributed by atoms with E-state index in [0.29, 0.717) is 25.1 Å². The van der Waals surface area contributed by atoms with Crippen molar-refractivity contribution in [3.63, 3.8) is 0 Å². The Morgan fingerprint density at radius 2 is 1.84 bits per heavy atom. The number of methoxy groups -OCH3 is 1. The third kappa shape index (κ3) is 5.14. The first-order chi connectivity index (χ1) is 14.9. The maximum atomic E-state index is 12.9. The highest BCUT2D eigenvalue weighted by molar-refractivity contribution is 5.86. The number of hydrogen-bond donors (Lipinski definition) is 3. The van der Waals surface area contributed by atoms with E-state index in [9.17, 15) is 29.7 Å². The van der Waals surface area contributed by atoms with E-state index in [1.807, 2.05) is 6.08 Å². The Labute approximate surface area is 188 Å². The number of rotatable bonds is 10. The molecule has 0 aliphatic carbocycles. The summed E-state index contributed by atoms with van der Waals surface area (Å²) < 4.78 is 15.5. The molecule has 5 atom stereocenters. The molecular weight excluding hydrogens is 422 g/mol. The fourth-order valence-electron chi connectivity index (χ4n) is 4.05. The van der Waals surface area contributed by atoms with Crippen molar-refractivity contribution in [3.05, 3.63) is 11.6 Å². The number of ether oxygens (including phenoxy) is 3. The maximum Gasteiger partial charge on any atom is 0.341 e. The molecule has 182 valence electrons. The number of aliphatic hydroxyl groups excluding tert-OH is 1. The van der Waals surface area contributed by atoms with Crippen LogP contribution < -0.4 is 0 Å². The Bertz CT molecular complexity index is 750. The average Bonchev–Trinajstić information content (AvgIpc) is 3.33. The molecule has 0 amide bonds. The van der Waals surface area contributed by atoms with Gasteiger partial charge in [-0.25, -0.2) is 9.59 Å². The number of carbonyl (C=O) groups excluding carboxylic acids is 3. The molecule has 0 aromatic carbocycles. The first-order valence-electron chi connectivity index (χ1n) is 10.9. The van der Waals surface area contributed by atoms with Gasteiger partial charge in [0.05, 0.1) is 25.7 Å². The summed E-state index contributed by atoms with van der Waals surface area (Å²) in [7, 11) is 1.18. The van der Waals surface area contributed by atoms with E-state index in [0.717, 1.165) is 0 Å². The molecule has 32 heavy (non-hydrogen) atoms. The van der Waals surface area contributed by atoms with Crippen molar-refractivity contribution in [2.24, 2.45) is 5.92 Å². The topological polar surface area (TPSA) is 143 Å². The van der Waals surface area contributed by atoms with Gasteiger partial charge in [-0.2, -0.15) is 0 Å². The van der Waals surface area contributed by atoms with Gasteiger partial charge in [-0.05, 0) is 31.3 Å². The lowest BCUT2D eigenvalue weighted by atomic mass is 9.87. The highest BCUT2D eigenvalue weighted by Gasteiger charge is 2.48. The number of carbonyl (C=O) groups is 3. The van der Waals surface area contributed by atoms with Crippen LogP contribution in [-0.4, -0.2) is 94.4 Å². The van der Waals surface area contributed by atoms with Crippen LogP contribution in [0, 0.1) is 5.92 Å². The van der Waals surface area contributed by atoms with Crippen LogP contribution in [0.4, 0.5) is 0 Å². The van der Waals surface area contributed by atoms with Crippen molar-refractivity contribution < 1.29 is 43.9 Å². The van der Waals surface area contributed by atoms with Gasteiger partial charge in [-0.3, -0.25) is 9.69 Å². The van der Waals surface area contributed by atoms with Crippen molar-refractivity contribution in [2.45, 2.75) is 76.4 Å². The summed E-state index contributed by atoms with van der Waals surface area (Å²) in [5.74, 6) is -3.13. The Morgan fingerprint density at radius 3 is 2.38 bits per heavy atom. The van der Waals surface area contributed by atoms with Gasteiger partial charge in [-0.15, -0.1) is 0 Å². The Balaban J connectivity index is 2.08. The molecular formula is C22H35NO9. The van der Waals surface area contributed by atoms with E-state index >= 15 is 0 Å². The standard InChI is InChI=1S/C22H35NO9/c1-6-21(28,14(4)24)19(26)31-12-15-7-9-23-10-8-16(18(15)23)32-20(27)22(29,13(2)3)11-17(25)30-5/h7,13-14,16,18,24,28-29H,6,8-12H2,1-5H3/t14-,16-,18+,21-,22+/m0/s1. The third-order valence-corrected chi connectivity index (χ3v) is 6.58. The van der Waals surface area contributed by atoms with E-state index in [4.69, 9.17) is 9.47 Å². The molecule has 2 aliphatic rings. The number of hydrogen-bond acceptors (Lipinski definition) is 10. The summed E-state index contributed by atoms with van der Waals surface area (Å²) >= 11 is 0. The third-order valence-electron chi connectivity index (χ3n) is 6.58. The quantitative estimate of drug-likeness (QED) is 0.232. The molecule has 10 heteroatoms. The van der Waals surface area contributed by atoms with E-state index in [1.54, 1.807) is 20.8 Å². The Hall–Kier alpha value is -2.01. The zero-order valence-electron chi connectivity index (χ0n) is 19.4. The molecule has 0 spiro atoms. The van der Waals surface area contributed by atoms with E-state index < -0.39 is 53.7 Å². The van der Waals surface area contributed by atoms with Crippen molar-refractivity contribution in [1.82, 2.24) is 4.90 Å². The molecule has 0 unspecified atom stereocenters. The summed E-state index contributed by atoms with van der Waals surface area (Å²) in [4.78, 5) is 39.0. The molecule has 2 rings (SSSR count). The second-order valence-electron chi connectivity index (χ2n) is 8.81. The SMILES string of the molecule is CC[C@@](O)(C(=O)OCC1=CCN2CC[C@H](OC(=O)[C@@](O)(CC(=O)OC)C(C)C)[C@@H]12)[C@H](C)O. The van der Waals surface area contributed by atoms with Gasteiger partial charge >= 0.3 is 17.9 Å². The largest absolute Gasteiger partial charge is 0.469 e. The van der Waals surface area contributed by atoms with Crippen LogP contribution in [-0.2, 0) is 28.6 Å². The highest BCUT2D eigenvalue weighted by Crippen LogP contribution is 2.34. The van der Waals surface area contributed by atoms with Crippen LogP contribution in [0.5, 0.6) is 0 Å². The molecule has 0 aromatic heterocycles. The van der Waals surface area contributed by atoms with E-state index in [-0.39, 0.29) is 19.1 Å². The molecule has 0 bridgehead atoms. The van der Waals surface area contributed by atoms with Crippen LogP contribution in [0.15, 0.2) is 11.6 Å². The summed E-state index contributed by atoms with van der Waals surface area (Å²) in [6, 6.07) is -0.345. The van der Waals surface area contributed by atoms with Crippen molar-refractivity contribution in [1.29, 1.82) is 0 Å². The molecule has 10 nitrogen and oxygen atoms in total. The lowest BCUT2D eigenvalue weighted by Gasteiger charge is -2.32. The summed E-state index contributed by atoms with van der Waals surface area (Å²) in [6.45, 7) is 7.21. The van der Waals surface area contributed by atoms with Gasteiger partial charge in [0.2, 0.25) is 0 Å². The van der Waals surface area contributed by atoms with Gasteiger partial charge in [0.15, 0.2) is 11.2 Å². The molecule has 2 heterocycles. The number of fused-ring (bicyclic) bond motifs is 1. The molecule has 0 radical (unpaired) electrons. The van der Waals surface area contributed by atoms with Gasteiger partial charge in [-0.1, -0.05) is 26.8 Å². The minimum atomic E-state index is -2.02. The van der Waals surface area contributed by atoms with Crippen LogP contribution >= 0.6 is 0 Å². The predicted octanol–water partition coefficient (Wildman–Crippen LogP) is -0.0722. The first-order valence-corrected chi connectivity index (χ1v) is 10.9. The van der Waals surface area contributed by atoms with E-state index in [2.05, 4.69) is 9.64 Å². The first kappa shape index (κ1) is 26.2. The van der Waals surface area contributed by atoms with E-state index in [1.165, 1.54) is 14.0 Å². The fraction of sp³-hybridized carbons (Fsp3) is 0.773. The van der Waals surface area contributed by atoms with Crippen molar-refractivity contribution in [2.75, 3.05) is 26.8 Å². The number of aliphatic hydroxyl groups is 3. The monoisotopic (exact) mass is 457 g/mol. The van der Waals surface area contributed by atoms with Crippen molar-refractivity contribution >= 4 is 17.9 Å². The lowest BCUT2D eigenvalue weighted by molar-refractivity contribution is -0.182. The van der Waals surface area contributed by atoms with Crippen LogP contribution in [0.2, 0.25) is 0 Å². The molecule has 1 saturated heterocycles. The maximum absolute atomic E-state index is 12.9. The van der Waals surface area contributed by atoms with Gasteiger partial charge in [0.1, 0.15) is 12.7 Å². The zero-order valence-corrected chi connectivity index (χ0v) is 19.4. The molecule has 0 aromatic rings. The van der Waals surface area contributed by atoms with Crippen molar-refractivity contribution in [3.8, 4) is 0 Å². The lowest BCUT2D eigenvalue weighted by Crippen LogP contribution is -2.50. The normalized spacial score (nSPS) is 25.3. The minimum absolute atomic E-state index is 0.00762. The van der Waals surface area contributed by atoms with Crippen LogP contribution in [0.1, 0.15) is 47.0 Å². The summed E-state index contributed by atoms with van der Waals surface area (Å²) in [6.07, 6.45) is -0.0324. The molecule has 1 fully saturated rings. The molecule has 2 aliphatic heterocycles. The highest BCUT2D eigenvalue weighted by atomic mass is 16.6.